The van der Waals surface area contributed by atoms with Crippen LogP contribution in [0.1, 0.15) is 45.4 Å². The van der Waals surface area contributed by atoms with E-state index in [0.29, 0.717) is 24.5 Å². The fourth-order valence-electron chi connectivity index (χ4n) is 2.30. The van der Waals surface area contributed by atoms with Crippen LogP contribution in [0.15, 0.2) is 0 Å². The topological polar surface area (TPSA) is 54.4 Å². The van der Waals surface area contributed by atoms with E-state index < -0.39 is 5.97 Å². The van der Waals surface area contributed by atoms with Crippen LogP contribution in [-0.2, 0) is 9.59 Å². The molecule has 0 radical (unpaired) electrons. The zero-order valence-corrected chi connectivity index (χ0v) is 8.66. The number of ketones is 1. The van der Waals surface area contributed by atoms with Gasteiger partial charge in [-0.2, -0.15) is 0 Å². The van der Waals surface area contributed by atoms with E-state index in [-0.39, 0.29) is 12.3 Å². The van der Waals surface area contributed by atoms with Gasteiger partial charge in [-0.25, -0.2) is 0 Å². The SMILES string of the molecule is CCC(CC(=O)O)C1CCC(=O)CC1. The summed E-state index contributed by atoms with van der Waals surface area (Å²) in [6.45, 7) is 2.03. The second kappa shape index (κ2) is 5.13. The largest absolute Gasteiger partial charge is 0.481 e. The zero-order valence-electron chi connectivity index (χ0n) is 8.66. The molecule has 0 aromatic rings. The van der Waals surface area contributed by atoms with Gasteiger partial charge in [0.05, 0.1) is 0 Å². The van der Waals surface area contributed by atoms with Crippen molar-refractivity contribution < 1.29 is 14.7 Å². The fourth-order valence-corrected chi connectivity index (χ4v) is 2.30. The lowest BCUT2D eigenvalue weighted by Gasteiger charge is -2.27. The molecule has 3 nitrogen and oxygen atoms in total. The average molecular weight is 198 g/mol. The summed E-state index contributed by atoms with van der Waals surface area (Å²) < 4.78 is 0. The van der Waals surface area contributed by atoms with E-state index in [0.717, 1.165) is 19.3 Å². The van der Waals surface area contributed by atoms with Crippen LogP contribution in [0.2, 0.25) is 0 Å². The van der Waals surface area contributed by atoms with E-state index >= 15 is 0 Å². The normalized spacial score (nSPS) is 20.8. The first-order chi connectivity index (χ1) is 6.63. The van der Waals surface area contributed by atoms with Crippen LogP contribution in [-0.4, -0.2) is 16.9 Å². The van der Waals surface area contributed by atoms with Gasteiger partial charge in [0.2, 0.25) is 0 Å². The lowest BCUT2D eigenvalue weighted by molar-refractivity contribution is -0.138. The highest BCUT2D eigenvalue weighted by molar-refractivity contribution is 5.79. The molecule has 0 aromatic carbocycles. The molecule has 1 aliphatic carbocycles. The van der Waals surface area contributed by atoms with Crippen molar-refractivity contribution in [2.24, 2.45) is 11.8 Å². The molecule has 0 bridgehead atoms. The molecule has 1 N–H and O–H groups in total. The lowest BCUT2D eigenvalue weighted by atomic mass is 9.77. The minimum Gasteiger partial charge on any atom is -0.481 e. The van der Waals surface area contributed by atoms with E-state index in [1.807, 2.05) is 6.92 Å². The summed E-state index contributed by atoms with van der Waals surface area (Å²) in [7, 11) is 0. The van der Waals surface area contributed by atoms with E-state index in [1.54, 1.807) is 0 Å². The number of carbonyl (C=O) groups excluding carboxylic acids is 1. The molecule has 80 valence electrons. The Balaban J connectivity index is 2.44. The molecule has 0 saturated heterocycles. The minimum absolute atomic E-state index is 0.259. The Morgan fingerprint density at radius 2 is 2.07 bits per heavy atom. The van der Waals surface area contributed by atoms with Crippen LogP contribution < -0.4 is 0 Å². The Labute approximate surface area is 84.5 Å². The van der Waals surface area contributed by atoms with Crippen LogP contribution in [0.3, 0.4) is 0 Å². The van der Waals surface area contributed by atoms with Gasteiger partial charge in [-0.3, -0.25) is 9.59 Å². The Hall–Kier alpha value is -0.860. The van der Waals surface area contributed by atoms with Gasteiger partial charge in [-0.05, 0) is 24.7 Å². The smallest absolute Gasteiger partial charge is 0.303 e. The van der Waals surface area contributed by atoms with Crippen molar-refractivity contribution >= 4 is 11.8 Å². The van der Waals surface area contributed by atoms with Crippen molar-refractivity contribution in [3.05, 3.63) is 0 Å². The molecule has 1 fully saturated rings. The van der Waals surface area contributed by atoms with E-state index in [9.17, 15) is 9.59 Å². The molecular weight excluding hydrogens is 180 g/mol. The van der Waals surface area contributed by atoms with Crippen LogP contribution in [0.25, 0.3) is 0 Å². The first kappa shape index (κ1) is 11.2. The molecule has 0 spiro atoms. The van der Waals surface area contributed by atoms with Gasteiger partial charge in [0.25, 0.3) is 0 Å². The summed E-state index contributed by atoms with van der Waals surface area (Å²) in [5.41, 5.74) is 0. The van der Waals surface area contributed by atoms with Crippen LogP contribution in [0.5, 0.6) is 0 Å². The Kier molecular flexibility index (Phi) is 4.11. The number of carboxylic acids is 1. The van der Waals surface area contributed by atoms with Crippen molar-refractivity contribution in [3.8, 4) is 0 Å². The third-order valence-corrected chi connectivity index (χ3v) is 3.22. The molecule has 0 amide bonds. The number of Topliss-reactive ketones (excluding diaryl/α,β-unsaturated/α-hetero) is 1. The molecule has 1 saturated carbocycles. The molecular formula is C11H18O3. The second-order valence-corrected chi connectivity index (χ2v) is 4.14. The van der Waals surface area contributed by atoms with Crippen molar-refractivity contribution in [2.45, 2.75) is 45.4 Å². The van der Waals surface area contributed by atoms with Crippen LogP contribution >= 0.6 is 0 Å². The maximum Gasteiger partial charge on any atom is 0.303 e. The van der Waals surface area contributed by atoms with E-state index in [4.69, 9.17) is 5.11 Å². The van der Waals surface area contributed by atoms with Gasteiger partial charge in [0.1, 0.15) is 5.78 Å². The molecule has 0 heterocycles. The quantitative estimate of drug-likeness (QED) is 0.753. The zero-order chi connectivity index (χ0) is 10.6. The Bertz CT molecular complexity index is 213. The highest BCUT2D eigenvalue weighted by Gasteiger charge is 2.26. The summed E-state index contributed by atoms with van der Waals surface area (Å²) in [6, 6.07) is 0. The van der Waals surface area contributed by atoms with Crippen molar-refractivity contribution in [2.75, 3.05) is 0 Å². The van der Waals surface area contributed by atoms with Crippen LogP contribution in [0.4, 0.5) is 0 Å². The lowest BCUT2D eigenvalue weighted by Crippen LogP contribution is -2.23. The van der Waals surface area contributed by atoms with E-state index in [1.165, 1.54) is 0 Å². The molecule has 1 aliphatic rings. The average Bonchev–Trinajstić information content (AvgIpc) is 2.15. The molecule has 1 atom stereocenters. The summed E-state index contributed by atoms with van der Waals surface area (Å²) >= 11 is 0. The second-order valence-electron chi connectivity index (χ2n) is 4.14. The molecule has 14 heavy (non-hydrogen) atoms. The van der Waals surface area contributed by atoms with Gasteiger partial charge in [0.15, 0.2) is 0 Å². The molecule has 0 aromatic heterocycles. The van der Waals surface area contributed by atoms with Gasteiger partial charge < -0.3 is 5.11 Å². The predicted molar refractivity (Wildman–Crippen MR) is 53.0 cm³/mol. The van der Waals surface area contributed by atoms with Crippen LogP contribution in [0, 0.1) is 11.8 Å². The summed E-state index contributed by atoms with van der Waals surface area (Å²) in [5.74, 6) is 0.342. The number of rotatable bonds is 4. The molecule has 0 aliphatic heterocycles. The number of hydrogen-bond acceptors (Lipinski definition) is 2. The summed E-state index contributed by atoms with van der Waals surface area (Å²) in [5, 5.41) is 8.73. The third kappa shape index (κ3) is 3.13. The Morgan fingerprint density at radius 1 is 1.50 bits per heavy atom. The maximum absolute atomic E-state index is 11.0. The fraction of sp³-hybridized carbons (Fsp3) is 0.818. The maximum atomic E-state index is 11.0. The monoisotopic (exact) mass is 198 g/mol. The molecule has 3 heteroatoms. The van der Waals surface area contributed by atoms with Gasteiger partial charge >= 0.3 is 5.97 Å². The highest BCUT2D eigenvalue weighted by atomic mass is 16.4. The number of hydrogen-bond donors (Lipinski definition) is 1. The number of carboxylic acid groups (broad SMARTS) is 1. The molecule has 1 unspecified atom stereocenters. The number of aliphatic carboxylic acids is 1. The Morgan fingerprint density at radius 3 is 2.50 bits per heavy atom. The van der Waals surface area contributed by atoms with Gasteiger partial charge in [-0.15, -0.1) is 0 Å². The molecule has 1 rings (SSSR count). The van der Waals surface area contributed by atoms with E-state index in [2.05, 4.69) is 0 Å². The first-order valence-corrected chi connectivity index (χ1v) is 5.37. The minimum atomic E-state index is -0.714. The first-order valence-electron chi connectivity index (χ1n) is 5.37. The summed E-state index contributed by atoms with van der Waals surface area (Å²) in [4.78, 5) is 21.6. The van der Waals surface area contributed by atoms with Gasteiger partial charge in [0, 0.05) is 19.3 Å². The summed E-state index contributed by atoms with van der Waals surface area (Å²) in [6.07, 6.45) is 4.26. The van der Waals surface area contributed by atoms with Crippen molar-refractivity contribution in [1.29, 1.82) is 0 Å². The number of carbonyl (C=O) groups is 2. The highest BCUT2D eigenvalue weighted by Crippen LogP contribution is 2.32. The van der Waals surface area contributed by atoms with Crippen molar-refractivity contribution in [1.82, 2.24) is 0 Å². The van der Waals surface area contributed by atoms with Crippen molar-refractivity contribution in [3.63, 3.8) is 0 Å². The third-order valence-electron chi connectivity index (χ3n) is 3.22. The predicted octanol–water partition coefficient (Wildman–Crippen LogP) is 2.25. The van der Waals surface area contributed by atoms with Gasteiger partial charge in [-0.1, -0.05) is 13.3 Å². The standard InChI is InChI=1S/C11H18O3/c1-2-8(7-11(13)14)9-3-5-10(12)6-4-9/h8-9H,2-7H2,1H3,(H,13,14).